The van der Waals surface area contributed by atoms with Gasteiger partial charge in [-0.25, -0.2) is 0 Å². The molecular formula is C35H33ClN2O2S2. The van der Waals surface area contributed by atoms with Gasteiger partial charge in [-0.05, 0) is 67.3 Å². The van der Waals surface area contributed by atoms with E-state index >= 15 is 0 Å². The van der Waals surface area contributed by atoms with Crippen molar-refractivity contribution >= 4 is 52.0 Å². The third-order valence-electron chi connectivity index (χ3n) is 7.91. The first kappa shape index (κ1) is 28.9. The van der Waals surface area contributed by atoms with E-state index in [1.165, 1.54) is 31.8 Å². The highest BCUT2D eigenvalue weighted by Crippen LogP contribution is 2.48. The number of rotatable bonds is 9. The van der Waals surface area contributed by atoms with Gasteiger partial charge in [0, 0.05) is 61.6 Å². The Morgan fingerprint density at radius 2 is 1.81 bits per heavy atom. The number of aromatic nitrogens is 2. The van der Waals surface area contributed by atoms with Crippen molar-refractivity contribution < 1.29 is 9.90 Å². The van der Waals surface area contributed by atoms with Gasteiger partial charge in [0.1, 0.15) is 0 Å². The van der Waals surface area contributed by atoms with Crippen LogP contribution in [0.25, 0.3) is 22.0 Å². The predicted octanol–water partition coefficient (Wildman–Crippen LogP) is 9.39. The highest BCUT2D eigenvalue weighted by molar-refractivity contribution is 8.00. The fourth-order valence-electron chi connectivity index (χ4n) is 5.59. The Morgan fingerprint density at radius 1 is 1.05 bits per heavy atom. The Balaban J connectivity index is 1.37. The second-order valence-electron chi connectivity index (χ2n) is 11.6. The van der Waals surface area contributed by atoms with Crippen molar-refractivity contribution in [3.63, 3.8) is 0 Å². The number of hydrogen-bond acceptors (Lipinski definition) is 4. The molecule has 0 bridgehead atoms. The molecule has 0 fully saturated rings. The second kappa shape index (κ2) is 11.8. The van der Waals surface area contributed by atoms with Crippen LogP contribution in [0.5, 0.6) is 0 Å². The van der Waals surface area contributed by atoms with Crippen LogP contribution in [0.1, 0.15) is 43.3 Å². The highest BCUT2D eigenvalue weighted by Gasteiger charge is 2.34. The molecule has 1 unspecified atom stereocenters. The van der Waals surface area contributed by atoms with Crippen molar-refractivity contribution in [1.82, 2.24) is 9.55 Å². The summed E-state index contributed by atoms with van der Waals surface area (Å²) < 4.78 is 2.34. The first-order valence-electron chi connectivity index (χ1n) is 14.1. The second-order valence-corrected chi connectivity index (χ2v) is 14.5. The van der Waals surface area contributed by atoms with Crippen molar-refractivity contribution in [1.29, 1.82) is 0 Å². The molecular weight excluding hydrogens is 580 g/mol. The molecule has 5 aromatic rings. The molecule has 2 aromatic heterocycles. The van der Waals surface area contributed by atoms with Crippen molar-refractivity contribution in [2.24, 2.45) is 5.41 Å². The molecule has 0 aliphatic carbocycles. The number of aliphatic carboxylic acids is 1. The van der Waals surface area contributed by atoms with E-state index < -0.39 is 11.4 Å². The standard InChI is InChI=1S/C35H33ClN2O2S2/c1-22-17-28-31(41-21-27-14-11-25(19-37-27)24-7-5-4-6-8-24)16-15-29-32(28)33(42-22)30(18-35(2,3)34(39)40)38(29)20-23-9-12-26(36)13-10-23/h4-16,19,22H,17-18,20-21H2,1-3H3,(H,39,40). The molecule has 1 aliphatic heterocycles. The third-order valence-corrected chi connectivity index (χ3v) is 10.5. The average Bonchev–Trinajstić information content (AvgIpc) is 3.26. The van der Waals surface area contributed by atoms with Crippen LogP contribution in [0.2, 0.25) is 5.02 Å². The molecule has 1 atom stereocenters. The summed E-state index contributed by atoms with van der Waals surface area (Å²) in [5.74, 6) is 0.00329. The Hall–Kier alpha value is -3.19. The Kier molecular flexibility index (Phi) is 8.14. The molecule has 3 heterocycles. The van der Waals surface area contributed by atoms with Crippen LogP contribution in [0.3, 0.4) is 0 Å². The van der Waals surface area contributed by atoms with Crippen LogP contribution < -0.4 is 0 Å². The zero-order chi connectivity index (χ0) is 29.4. The fourth-order valence-corrected chi connectivity index (χ4v) is 8.03. The minimum Gasteiger partial charge on any atom is -0.481 e. The normalized spacial score (nSPS) is 14.8. The van der Waals surface area contributed by atoms with E-state index in [1.807, 2.05) is 73.9 Å². The average molecular weight is 613 g/mol. The summed E-state index contributed by atoms with van der Waals surface area (Å²) in [6.45, 7) is 6.58. The number of benzene rings is 3. The zero-order valence-electron chi connectivity index (χ0n) is 23.9. The number of nitrogens with zero attached hydrogens (tertiary/aromatic N) is 2. The van der Waals surface area contributed by atoms with Crippen LogP contribution in [-0.2, 0) is 29.9 Å². The minimum atomic E-state index is -0.890. The van der Waals surface area contributed by atoms with E-state index in [0.29, 0.717) is 23.2 Å². The molecule has 0 saturated carbocycles. The maximum absolute atomic E-state index is 12.2. The number of thioether (sulfide) groups is 2. The summed E-state index contributed by atoms with van der Waals surface area (Å²) in [6, 6.07) is 27.0. The van der Waals surface area contributed by atoms with Crippen LogP contribution in [0.4, 0.5) is 0 Å². The highest BCUT2D eigenvalue weighted by atomic mass is 35.5. The maximum Gasteiger partial charge on any atom is 0.309 e. The lowest BCUT2D eigenvalue weighted by atomic mass is 9.88. The summed E-state index contributed by atoms with van der Waals surface area (Å²) in [5.41, 5.74) is 7.22. The summed E-state index contributed by atoms with van der Waals surface area (Å²) in [5, 5.41) is 12.4. The van der Waals surface area contributed by atoms with E-state index in [0.717, 1.165) is 34.7 Å². The quantitative estimate of drug-likeness (QED) is 0.168. The van der Waals surface area contributed by atoms with Gasteiger partial charge in [0.2, 0.25) is 0 Å². The summed E-state index contributed by atoms with van der Waals surface area (Å²) in [7, 11) is 0. The molecule has 0 amide bonds. The van der Waals surface area contributed by atoms with Crippen molar-refractivity contribution in [2.45, 2.75) is 61.0 Å². The maximum atomic E-state index is 12.2. The van der Waals surface area contributed by atoms with Crippen LogP contribution in [-0.4, -0.2) is 25.9 Å². The fraction of sp³-hybridized carbons (Fsp3) is 0.257. The molecule has 4 nitrogen and oxygen atoms in total. The Morgan fingerprint density at radius 3 is 2.50 bits per heavy atom. The third kappa shape index (κ3) is 5.85. The lowest BCUT2D eigenvalue weighted by Crippen LogP contribution is -2.28. The molecule has 0 radical (unpaired) electrons. The van der Waals surface area contributed by atoms with Crippen molar-refractivity contribution in [3.8, 4) is 11.1 Å². The van der Waals surface area contributed by atoms with Crippen LogP contribution in [0.15, 0.2) is 94.9 Å². The van der Waals surface area contributed by atoms with E-state index in [9.17, 15) is 9.90 Å². The van der Waals surface area contributed by atoms with E-state index in [1.54, 1.807) is 0 Å². The SMILES string of the molecule is CC1Cc2c(SCc3ccc(-c4ccccc4)cn3)ccc3c2c(c(CC(C)(C)C(=O)O)n3Cc2ccc(Cl)cc2)S1. The van der Waals surface area contributed by atoms with Gasteiger partial charge in [0.15, 0.2) is 0 Å². The first-order chi connectivity index (χ1) is 20.2. The van der Waals surface area contributed by atoms with Gasteiger partial charge >= 0.3 is 5.97 Å². The van der Waals surface area contributed by atoms with Crippen molar-refractivity contribution in [3.05, 3.63) is 113 Å². The van der Waals surface area contributed by atoms with Gasteiger partial charge in [-0.3, -0.25) is 9.78 Å². The first-order valence-corrected chi connectivity index (χ1v) is 16.4. The number of pyridine rings is 1. The number of halogens is 1. The Labute approximate surface area is 260 Å². The largest absolute Gasteiger partial charge is 0.481 e. The van der Waals surface area contributed by atoms with Gasteiger partial charge in [0.25, 0.3) is 0 Å². The van der Waals surface area contributed by atoms with Gasteiger partial charge in [-0.15, -0.1) is 23.5 Å². The lowest BCUT2D eigenvalue weighted by molar-refractivity contribution is -0.146. The summed E-state index contributed by atoms with van der Waals surface area (Å²) in [6.07, 6.45) is 3.40. The summed E-state index contributed by atoms with van der Waals surface area (Å²) in [4.78, 5) is 19.5. The van der Waals surface area contributed by atoms with E-state index in [-0.39, 0.29) is 0 Å². The number of hydrogen-bond donors (Lipinski definition) is 1. The number of carbonyl (C=O) groups is 1. The molecule has 0 saturated heterocycles. The molecule has 0 spiro atoms. The monoisotopic (exact) mass is 612 g/mol. The molecule has 6 rings (SSSR count). The van der Waals surface area contributed by atoms with Gasteiger partial charge in [0.05, 0.1) is 16.6 Å². The molecule has 42 heavy (non-hydrogen) atoms. The zero-order valence-corrected chi connectivity index (χ0v) is 26.3. The van der Waals surface area contributed by atoms with Gasteiger partial charge in [-0.2, -0.15) is 0 Å². The topological polar surface area (TPSA) is 55.1 Å². The minimum absolute atomic E-state index is 0.392. The number of carboxylic acids is 1. The smallest absolute Gasteiger partial charge is 0.309 e. The molecule has 3 aromatic carbocycles. The van der Waals surface area contributed by atoms with Crippen LogP contribution in [0, 0.1) is 5.41 Å². The molecule has 1 N–H and O–H groups in total. The van der Waals surface area contributed by atoms with Crippen molar-refractivity contribution in [2.75, 3.05) is 0 Å². The van der Waals surface area contributed by atoms with Gasteiger partial charge < -0.3 is 9.67 Å². The van der Waals surface area contributed by atoms with E-state index in [4.69, 9.17) is 16.6 Å². The molecule has 214 valence electrons. The molecule has 1 aliphatic rings. The molecule has 7 heteroatoms. The van der Waals surface area contributed by atoms with Gasteiger partial charge in [-0.1, -0.05) is 67.1 Å². The predicted molar refractivity (Wildman–Crippen MR) is 176 cm³/mol. The Bertz CT molecular complexity index is 1750. The van der Waals surface area contributed by atoms with Crippen LogP contribution >= 0.6 is 35.1 Å². The summed E-state index contributed by atoms with van der Waals surface area (Å²) >= 11 is 9.90. The van der Waals surface area contributed by atoms with E-state index in [2.05, 4.69) is 60.0 Å². The number of carboxylic acid groups (broad SMARTS) is 1. The lowest BCUT2D eigenvalue weighted by Gasteiger charge is -2.24.